The largest absolute Gasteiger partial charge is 0.416 e. The second kappa shape index (κ2) is 7.69. The Morgan fingerprint density at radius 3 is 2.16 bits per heavy atom. The van der Waals surface area contributed by atoms with Crippen molar-refractivity contribution < 1.29 is 22.8 Å². The number of carbonyl (C=O) groups excluding carboxylic acids is 2. The molecule has 2 aromatic carbocycles. The summed E-state index contributed by atoms with van der Waals surface area (Å²) in [5.74, 6) is -0.623. The van der Waals surface area contributed by atoms with E-state index in [1.807, 2.05) is 0 Å². The molecule has 0 atom stereocenters. The van der Waals surface area contributed by atoms with Gasteiger partial charge in [-0.05, 0) is 42.5 Å². The van der Waals surface area contributed by atoms with Gasteiger partial charge < -0.3 is 16.0 Å². The fraction of sp³-hybridized carbons (Fsp3) is 0.176. The second-order valence-electron chi connectivity index (χ2n) is 5.24. The molecule has 0 aliphatic rings. The molecular formula is C17H16F3N3O2. The third-order valence-electron chi connectivity index (χ3n) is 3.13. The van der Waals surface area contributed by atoms with Crippen LogP contribution in [0.4, 0.5) is 30.2 Å². The molecule has 0 unspecified atom stereocenters. The van der Waals surface area contributed by atoms with Crippen molar-refractivity contribution in [2.45, 2.75) is 13.1 Å². The molecule has 0 saturated heterocycles. The van der Waals surface area contributed by atoms with E-state index >= 15 is 0 Å². The van der Waals surface area contributed by atoms with Crippen LogP contribution in [0.25, 0.3) is 0 Å². The van der Waals surface area contributed by atoms with E-state index in [9.17, 15) is 22.8 Å². The van der Waals surface area contributed by atoms with Crippen LogP contribution < -0.4 is 16.0 Å². The second-order valence-corrected chi connectivity index (χ2v) is 5.24. The first-order valence-corrected chi connectivity index (χ1v) is 7.33. The van der Waals surface area contributed by atoms with Crippen molar-refractivity contribution in [3.05, 3.63) is 54.1 Å². The summed E-state index contributed by atoms with van der Waals surface area (Å²) in [6.45, 7) is 1.31. The average Bonchev–Trinajstić information content (AvgIpc) is 2.52. The molecule has 3 N–H and O–H groups in total. The number of benzene rings is 2. The van der Waals surface area contributed by atoms with Crippen molar-refractivity contribution in [2.24, 2.45) is 0 Å². The maximum Gasteiger partial charge on any atom is 0.416 e. The minimum absolute atomic E-state index is 0.0788. The van der Waals surface area contributed by atoms with Crippen LogP contribution >= 0.6 is 0 Å². The Bertz CT molecular complexity index is 758. The van der Waals surface area contributed by atoms with E-state index in [-0.39, 0.29) is 18.1 Å². The Morgan fingerprint density at radius 2 is 1.56 bits per heavy atom. The Balaban J connectivity index is 1.89. The number of anilines is 3. The number of nitrogens with one attached hydrogen (secondary N) is 3. The van der Waals surface area contributed by atoms with Gasteiger partial charge in [0.25, 0.3) is 0 Å². The van der Waals surface area contributed by atoms with Gasteiger partial charge in [0.2, 0.25) is 11.8 Å². The number of carbonyl (C=O) groups is 2. The summed E-state index contributed by atoms with van der Waals surface area (Å²) in [5.41, 5.74) is 0.694. The SMILES string of the molecule is CC(=O)Nc1cccc(NCC(=O)Nc2ccc(C(F)(F)F)cc2)c1. The van der Waals surface area contributed by atoms with E-state index in [4.69, 9.17) is 0 Å². The van der Waals surface area contributed by atoms with E-state index in [1.165, 1.54) is 19.1 Å². The quantitative estimate of drug-likeness (QED) is 0.769. The maximum atomic E-state index is 12.5. The molecule has 0 radical (unpaired) electrons. The molecule has 0 aromatic heterocycles. The van der Waals surface area contributed by atoms with Crippen molar-refractivity contribution in [1.82, 2.24) is 0 Å². The third-order valence-corrected chi connectivity index (χ3v) is 3.13. The summed E-state index contributed by atoms with van der Waals surface area (Å²) in [7, 11) is 0. The van der Waals surface area contributed by atoms with Crippen LogP contribution in [0.5, 0.6) is 0 Å². The van der Waals surface area contributed by atoms with Crippen LogP contribution in [0.1, 0.15) is 12.5 Å². The minimum Gasteiger partial charge on any atom is -0.376 e. The van der Waals surface area contributed by atoms with Crippen molar-refractivity contribution in [2.75, 3.05) is 22.5 Å². The van der Waals surface area contributed by atoms with Gasteiger partial charge in [-0.2, -0.15) is 13.2 Å². The first kappa shape index (κ1) is 18.3. The molecule has 0 bridgehead atoms. The number of rotatable bonds is 5. The van der Waals surface area contributed by atoms with Gasteiger partial charge in [0.05, 0.1) is 12.1 Å². The zero-order valence-electron chi connectivity index (χ0n) is 13.3. The molecule has 0 aliphatic carbocycles. The highest BCUT2D eigenvalue weighted by Crippen LogP contribution is 2.29. The molecule has 2 amide bonds. The van der Waals surface area contributed by atoms with Gasteiger partial charge >= 0.3 is 6.18 Å². The predicted octanol–water partition coefficient (Wildman–Crippen LogP) is 3.71. The van der Waals surface area contributed by atoms with Crippen LogP contribution in [-0.4, -0.2) is 18.4 Å². The van der Waals surface area contributed by atoms with Crippen molar-refractivity contribution in [1.29, 1.82) is 0 Å². The fourth-order valence-electron chi connectivity index (χ4n) is 2.04. The molecule has 8 heteroatoms. The number of halogens is 3. The Morgan fingerprint density at radius 1 is 0.920 bits per heavy atom. The molecule has 0 aliphatic heterocycles. The first-order chi connectivity index (χ1) is 11.7. The molecule has 2 rings (SSSR count). The number of alkyl halides is 3. The van der Waals surface area contributed by atoms with E-state index in [2.05, 4.69) is 16.0 Å². The average molecular weight is 351 g/mol. The summed E-state index contributed by atoms with van der Waals surface area (Å²) in [6.07, 6.45) is -4.41. The molecule has 132 valence electrons. The smallest absolute Gasteiger partial charge is 0.376 e. The van der Waals surface area contributed by atoms with E-state index in [0.717, 1.165) is 12.1 Å². The Kier molecular flexibility index (Phi) is 5.63. The zero-order chi connectivity index (χ0) is 18.4. The monoisotopic (exact) mass is 351 g/mol. The van der Waals surface area contributed by atoms with Crippen LogP contribution in [0, 0.1) is 0 Å². The van der Waals surface area contributed by atoms with Crippen LogP contribution in [0.2, 0.25) is 0 Å². The van der Waals surface area contributed by atoms with Crippen molar-refractivity contribution in [3.8, 4) is 0 Å². The fourth-order valence-corrected chi connectivity index (χ4v) is 2.04. The lowest BCUT2D eigenvalue weighted by Crippen LogP contribution is -2.21. The molecule has 25 heavy (non-hydrogen) atoms. The van der Waals surface area contributed by atoms with Gasteiger partial charge in [-0.1, -0.05) is 6.07 Å². The van der Waals surface area contributed by atoms with Gasteiger partial charge in [0, 0.05) is 24.0 Å². The highest BCUT2D eigenvalue weighted by Gasteiger charge is 2.29. The number of hydrogen-bond donors (Lipinski definition) is 3. The van der Waals surface area contributed by atoms with E-state index in [0.29, 0.717) is 11.4 Å². The molecule has 0 fully saturated rings. The zero-order valence-corrected chi connectivity index (χ0v) is 13.3. The molecular weight excluding hydrogens is 335 g/mol. The summed E-state index contributed by atoms with van der Waals surface area (Å²) in [4.78, 5) is 22.9. The van der Waals surface area contributed by atoms with Crippen molar-refractivity contribution in [3.63, 3.8) is 0 Å². The van der Waals surface area contributed by atoms with Gasteiger partial charge in [-0.15, -0.1) is 0 Å². The summed E-state index contributed by atoms with van der Waals surface area (Å²) in [6, 6.07) is 11.0. The van der Waals surface area contributed by atoms with Crippen LogP contribution in [0.3, 0.4) is 0 Å². The summed E-state index contributed by atoms with van der Waals surface area (Å²) < 4.78 is 37.4. The molecule has 0 heterocycles. The van der Waals surface area contributed by atoms with Gasteiger partial charge in [-0.25, -0.2) is 0 Å². The van der Waals surface area contributed by atoms with Crippen LogP contribution in [-0.2, 0) is 15.8 Å². The highest BCUT2D eigenvalue weighted by molar-refractivity contribution is 5.94. The summed E-state index contributed by atoms with van der Waals surface area (Å²) >= 11 is 0. The minimum atomic E-state index is -4.41. The maximum absolute atomic E-state index is 12.5. The Labute approximate surface area is 142 Å². The number of amides is 2. The van der Waals surface area contributed by atoms with E-state index in [1.54, 1.807) is 24.3 Å². The van der Waals surface area contributed by atoms with Crippen LogP contribution in [0.15, 0.2) is 48.5 Å². The van der Waals surface area contributed by atoms with Gasteiger partial charge in [0.1, 0.15) is 0 Å². The predicted molar refractivity (Wildman–Crippen MR) is 89.3 cm³/mol. The lowest BCUT2D eigenvalue weighted by molar-refractivity contribution is -0.137. The standard InChI is InChI=1S/C17H16F3N3O2/c1-11(24)22-15-4-2-3-14(9-15)21-10-16(25)23-13-7-5-12(6-8-13)17(18,19)20/h2-9,21H,10H2,1H3,(H,22,24)(H,23,25). The first-order valence-electron chi connectivity index (χ1n) is 7.33. The van der Waals surface area contributed by atoms with Gasteiger partial charge in [0.15, 0.2) is 0 Å². The van der Waals surface area contributed by atoms with Crippen molar-refractivity contribution >= 4 is 28.9 Å². The van der Waals surface area contributed by atoms with E-state index < -0.39 is 17.6 Å². The lowest BCUT2D eigenvalue weighted by Gasteiger charge is -2.10. The normalized spacial score (nSPS) is 10.9. The molecule has 5 nitrogen and oxygen atoms in total. The Hall–Kier alpha value is -3.03. The number of hydrogen-bond acceptors (Lipinski definition) is 3. The summed E-state index contributed by atoms with van der Waals surface area (Å²) in [5, 5.41) is 7.99. The molecule has 0 spiro atoms. The highest BCUT2D eigenvalue weighted by atomic mass is 19.4. The molecule has 2 aromatic rings. The lowest BCUT2D eigenvalue weighted by atomic mass is 10.2. The third kappa shape index (κ3) is 5.83. The molecule has 0 saturated carbocycles. The van der Waals surface area contributed by atoms with Gasteiger partial charge in [-0.3, -0.25) is 9.59 Å². The topological polar surface area (TPSA) is 70.2 Å².